The molecule has 11 heavy (non-hydrogen) atoms. The summed E-state index contributed by atoms with van der Waals surface area (Å²) in [5.41, 5.74) is 0.619. The van der Waals surface area contributed by atoms with Crippen molar-refractivity contribution in [2.45, 2.75) is 33.6 Å². The van der Waals surface area contributed by atoms with E-state index in [1.165, 1.54) is 6.92 Å². The molecule has 0 bridgehead atoms. The maximum absolute atomic E-state index is 12.7. The van der Waals surface area contributed by atoms with Crippen LogP contribution in [0.4, 0.5) is 4.39 Å². The van der Waals surface area contributed by atoms with E-state index in [0.29, 0.717) is 17.0 Å². The van der Waals surface area contributed by atoms with Crippen molar-refractivity contribution >= 4 is 11.6 Å². The molecule has 0 aliphatic heterocycles. The predicted molar refractivity (Wildman–Crippen MR) is 48.3 cm³/mol. The van der Waals surface area contributed by atoms with Gasteiger partial charge in [-0.05, 0) is 19.8 Å². The Bertz CT molecular complexity index is 176. The molecule has 0 spiro atoms. The first-order chi connectivity index (χ1) is 5.13. The van der Waals surface area contributed by atoms with Crippen LogP contribution in [0.25, 0.3) is 0 Å². The highest BCUT2D eigenvalue weighted by atomic mass is 35.5. The van der Waals surface area contributed by atoms with Gasteiger partial charge in [0.15, 0.2) is 0 Å². The molecule has 0 saturated carbocycles. The molecule has 0 nitrogen and oxygen atoms in total. The van der Waals surface area contributed by atoms with Crippen LogP contribution in [0.15, 0.2) is 22.5 Å². The lowest BCUT2D eigenvalue weighted by molar-refractivity contribution is 0.625. The molecule has 0 atom stereocenters. The smallest absolute Gasteiger partial charge is 0.101 e. The fraction of sp³-hybridized carbons (Fsp3) is 0.556. The molecule has 0 saturated heterocycles. The highest BCUT2D eigenvalue weighted by Gasteiger charge is 2.02. The van der Waals surface area contributed by atoms with Gasteiger partial charge in [0.2, 0.25) is 0 Å². The van der Waals surface area contributed by atoms with Crippen LogP contribution in [0, 0.1) is 0 Å². The molecule has 0 amide bonds. The second-order valence-electron chi connectivity index (χ2n) is 2.33. The zero-order chi connectivity index (χ0) is 8.85. The molecule has 0 aliphatic carbocycles. The summed E-state index contributed by atoms with van der Waals surface area (Å²) in [5.74, 6) is -0.179. The van der Waals surface area contributed by atoms with Crippen LogP contribution in [0.1, 0.15) is 33.6 Å². The maximum Gasteiger partial charge on any atom is 0.101 e. The number of hydrogen-bond donors (Lipinski definition) is 0. The fourth-order valence-corrected chi connectivity index (χ4v) is 1.30. The van der Waals surface area contributed by atoms with Gasteiger partial charge in [0.1, 0.15) is 5.83 Å². The summed E-state index contributed by atoms with van der Waals surface area (Å²) >= 11 is 5.81. The summed E-state index contributed by atoms with van der Waals surface area (Å²) in [6.07, 6.45) is 3.32. The predicted octanol–water partition coefficient (Wildman–Crippen LogP) is 4.17. The van der Waals surface area contributed by atoms with E-state index in [0.717, 1.165) is 6.42 Å². The van der Waals surface area contributed by atoms with Crippen molar-refractivity contribution in [2.75, 3.05) is 0 Å². The van der Waals surface area contributed by atoms with Crippen molar-refractivity contribution in [1.29, 1.82) is 0 Å². The maximum atomic E-state index is 12.7. The zero-order valence-corrected chi connectivity index (χ0v) is 8.00. The molecule has 0 aliphatic rings. The second-order valence-corrected chi connectivity index (χ2v) is 2.73. The lowest BCUT2D eigenvalue weighted by Gasteiger charge is -2.02. The summed E-state index contributed by atoms with van der Waals surface area (Å²) in [6.45, 7) is 5.30. The molecular weight excluding hydrogens is 163 g/mol. The van der Waals surface area contributed by atoms with E-state index in [1.807, 2.05) is 19.9 Å². The summed E-state index contributed by atoms with van der Waals surface area (Å²) < 4.78 is 12.7. The van der Waals surface area contributed by atoms with Gasteiger partial charge in [-0.2, -0.15) is 0 Å². The fourth-order valence-electron chi connectivity index (χ4n) is 0.879. The van der Waals surface area contributed by atoms with E-state index in [4.69, 9.17) is 11.6 Å². The summed E-state index contributed by atoms with van der Waals surface area (Å²) in [5, 5.41) is 0.551. The third kappa shape index (κ3) is 3.57. The normalized spacial score (nSPS) is 14.8. The van der Waals surface area contributed by atoms with Gasteiger partial charge in [-0.25, -0.2) is 4.39 Å². The number of allylic oxidation sites excluding steroid dienone is 4. The monoisotopic (exact) mass is 176 g/mol. The van der Waals surface area contributed by atoms with Crippen molar-refractivity contribution in [2.24, 2.45) is 0 Å². The first-order valence-electron chi connectivity index (χ1n) is 3.84. The van der Waals surface area contributed by atoms with Crippen molar-refractivity contribution in [1.82, 2.24) is 0 Å². The van der Waals surface area contributed by atoms with E-state index in [1.54, 1.807) is 0 Å². The van der Waals surface area contributed by atoms with Crippen LogP contribution < -0.4 is 0 Å². The molecule has 0 aromatic heterocycles. The van der Waals surface area contributed by atoms with Gasteiger partial charge in [0.05, 0.1) is 0 Å². The van der Waals surface area contributed by atoms with Crippen LogP contribution >= 0.6 is 11.6 Å². The van der Waals surface area contributed by atoms with Crippen LogP contribution in [-0.2, 0) is 0 Å². The van der Waals surface area contributed by atoms with Gasteiger partial charge < -0.3 is 0 Å². The topological polar surface area (TPSA) is 0 Å². The number of rotatable bonds is 3. The molecule has 2 heteroatoms. The number of hydrogen-bond acceptors (Lipinski definition) is 0. The Kier molecular flexibility index (Phi) is 5.22. The molecule has 0 radical (unpaired) electrons. The zero-order valence-electron chi connectivity index (χ0n) is 7.25. The Morgan fingerprint density at radius 3 is 2.27 bits per heavy atom. The van der Waals surface area contributed by atoms with Gasteiger partial charge in [0.25, 0.3) is 0 Å². The minimum atomic E-state index is -0.179. The molecule has 0 N–H and O–H groups in total. The number of halogens is 2. The van der Waals surface area contributed by atoms with Crippen molar-refractivity contribution in [3.63, 3.8) is 0 Å². The Hall–Kier alpha value is -0.300. The average Bonchev–Trinajstić information content (AvgIpc) is 1.88. The van der Waals surface area contributed by atoms with E-state index >= 15 is 0 Å². The van der Waals surface area contributed by atoms with Gasteiger partial charge in [-0.15, -0.1) is 0 Å². The third-order valence-corrected chi connectivity index (χ3v) is 1.82. The van der Waals surface area contributed by atoms with Gasteiger partial charge >= 0.3 is 0 Å². The third-order valence-electron chi connectivity index (χ3n) is 1.44. The van der Waals surface area contributed by atoms with Crippen molar-refractivity contribution < 1.29 is 4.39 Å². The molecule has 0 fully saturated rings. The van der Waals surface area contributed by atoms with Gasteiger partial charge in [0, 0.05) is 10.6 Å². The largest absolute Gasteiger partial charge is 0.212 e. The van der Waals surface area contributed by atoms with E-state index in [9.17, 15) is 4.39 Å². The van der Waals surface area contributed by atoms with E-state index in [2.05, 4.69) is 0 Å². The second kappa shape index (κ2) is 5.36. The Morgan fingerprint density at radius 2 is 2.00 bits per heavy atom. The van der Waals surface area contributed by atoms with E-state index in [-0.39, 0.29) is 5.83 Å². The summed E-state index contributed by atoms with van der Waals surface area (Å²) in [7, 11) is 0. The molecule has 0 heterocycles. The van der Waals surface area contributed by atoms with Crippen molar-refractivity contribution in [3.8, 4) is 0 Å². The highest BCUT2D eigenvalue weighted by Crippen LogP contribution is 2.22. The van der Waals surface area contributed by atoms with Crippen LogP contribution in [0.3, 0.4) is 0 Å². The van der Waals surface area contributed by atoms with Crippen LogP contribution in [-0.4, -0.2) is 0 Å². The van der Waals surface area contributed by atoms with E-state index < -0.39 is 0 Å². The first-order valence-corrected chi connectivity index (χ1v) is 4.22. The standard InChI is InChI=1S/C9H14ClF/c1-4-6-9(10)8(5-2)7(3)11/h6H,4-5H2,1-3H3/b8-7+,9-6+. The minimum Gasteiger partial charge on any atom is -0.212 e. The molecule has 64 valence electrons. The quantitative estimate of drug-likeness (QED) is 0.567. The van der Waals surface area contributed by atoms with Gasteiger partial charge in [-0.1, -0.05) is 31.5 Å². The average molecular weight is 177 g/mol. The Morgan fingerprint density at radius 1 is 1.45 bits per heavy atom. The van der Waals surface area contributed by atoms with Gasteiger partial charge in [-0.3, -0.25) is 0 Å². The lowest BCUT2D eigenvalue weighted by Crippen LogP contribution is -1.83. The summed E-state index contributed by atoms with van der Waals surface area (Å²) in [4.78, 5) is 0. The van der Waals surface area contributed by atoms with Crippen LogP contribution in [0.5, 0.6) is 0 Å². The minimum absolute atomic E-state index is 0.179. The Labute approximate surface area is 72.7 Å². The molecular formula is C9H14ClF. The summed E-state index contributed by atoms with van der Waals surface area (Å²) in [6, 6.07) is 0. The molecule has 0 rings (SSSR count). The van der Waals surface area contributed by atoms with Crippen molar-refractivity contribution in [3.05, 3.63) is 22.5 Å². The van der Waals surface area contributed by atoms with Crippen LogP contribution in [0.2, 0.25) is 0 Å². The molecule has 0 aromatic carbocycles. The molecule has 0 unspecified atom stereocenters. The first kappa shape index (κ1) is 10.7. The SMILES string of the molecule is CC/C=C(Cl)\C(CC)=C(/C)F. The highest BCUT2D eigenvalue weighted by molar-refractivity contribution is 6.32. The molecule has 0 aromatic rings. The lowest BCUT2D eigenvalue weighted by atomic mass is 10.1. The Balaban J connectivity index is 4.53.